The van der Waals surface area contributed by atoms with E-state index in [9.17, 15) is 10.1 Å². The van der Waals surface area contributed by atoms with Crippen LogP contribution in [0, 0.1) is 17.0 Å². The quantitative estimate of drug-likeness (QED) is 0.554. The van der Waals surface area contributed by atoms with Gasteiger partial charge in [-0.25, -0.2) is 4.98 Å². The fourth-order valence-corrected chi connectivity index (χ4v) is 1.42. The van der Waals surface area contributed by atoms with E-state index in [1.54, 1.807) is 42.3 Å². The molecule has 0 aliphatic heterocycles. The van der Waals surface area contributed by atoms with Crippen LogP contribution < -0.4 is 0 Å². The summed E-state index contributed by atoms with van der Waals surface area (Å²) in [6.45, 7) is 1.72. The highest BCUT2D eigenvalue weighted by atomic mass is 16.6. The molecule has 0 atom stereocenters. The van der Waals surface area contributed by atoms with Crippen LogP contribution in [0.4, 0.5) is 5.69 Å². The van der Waals surface area contributed by atoms with Gasteiger partial charge in [0.1, 0.15) is 0 Å². The Kier molecular flexibility index (Phi) is 2.21. The van der Waals surface area contributed by atoms with Crippen LogP contribution in [0.1, 0.15) is 5.56 Å². The molecule has 1 aromatic heterocycles. The van der Waals surface area contributed by atoms with E-state index in [1.807, 2.05) is 0 Å². The maximum absolute atomic E-state index is 10.6. The molecule has 1 heterocycles. The molecule has 0 saturated carbocycles. The van der Waals surface area contributed by atoms with Crippen LogP contribution in [0.2, 0.25) is 0 Å². The molecular weight excluding hydrogens is 194 g/mol. The number of nitro benzene ring substituents is 1. The van der Waals surface area contributed by atoms with Crippen molar-refractivity contribution < 1.29 is 4.92 Å². The fraction of sp³-hybridized carbons (Fsp3) is 0.100. The first-order chi connectivity index (χ1) is 7.18. The Morgan fingerprint density at radius 1 is 1.47 bits per heavy atom. The second-order valence-electron chi connectivity index (χ2n) is 3.20. The third kappa shape index (κ3) is 1.71. The Bertz CT molecular complexity index is 491. The van der Waals surface area contributed by atoms with Gasteiger partial charge in [0.2, 0.25) is 0 Å². The number of imidazole rings is 1. The molecule has 0 amide bonds. The highest BCUT2D eigenvalue weighted by Crippen LogP contribution is 2.20. The van der Waals surface area contributed by atoms with Crippen LogP contribution in [-0.4, -0.2) is 14.5 Å². The second kappa shape index (κ2) is 3.53. The number of rotatable bonds is 2. The van der Waals surface area contributed by atoms with Gasteiger partial charge in [-0.15, -0.1) is 0 Å². The molecule has 0 radical (unpaired) electrons. The average Bonchev–Trinajstić information content (AvgIpc) is 2.69. The standard InChI is InChI=1S/C10H9N3O2/c1-8-6-9(12-5-4-11-7-12)2-3-10(8)13(14)15/h2-7H,1H3. The molecule has 1 aromatic carbocycles. The van der Waals surface area contributed by atoms with Crippen LogP contribution in [0.3, 0.4) is 0 Å². The third-order valence-electron chi connectivity index (χ3n) is 2.18. The first-order valence-electron chi connectivity index (χ1n) is 4.42. The Hall–Kier alpha value is -2.17. The first-order valence-corrected chi connectivity index (χ1v) is 4.42. The summed E-state index contributed by atoms with van der Waals surface area (Å²) in [5, 5.41) is 10.6. The van der Waals surface area contributed by atoms with Gasteiger partial charge in [0, 0.05) is 29.7 Å². The van der Waals surface area contributed by atoms with Crippen molar-refractivity contribution in [1.82, 2.24) is 9.55 Å². The van der Waals surface area contributed by atoms with Crippen LogP contribution >= 0.6 is 0 Å². The smallest absolute Gasteiger partial charge is 0.272 e. The topological polar surface area (TPSA) is 61.0 Å². The fourth-order valence-electron chi connectivity index (χ4n) is 1.42. The number of hydrogen-bond acceptors (Lipinski definition) is 3. The molecule has 2 aromatic rings. The molecule has 0 spiro atoms. The summed E-state index contributed by atoms with van der Waals surface area (Å²) in [6.07, 6.45) is 5.11. The van der Waals surface area contributed by atoms with Crippen molar-refractivity contribution in [1.29, 1.82) is 0 Å². The van der Waals surface area contributed by atoms with E-state index in [4.69, 9.17) is 0 Å². The minimum absolute atomic E-state index is 0.138. The molecular formula is C10H9N3O2. The van der Waals surface area contributed by atoms with Crippen molar-refractivity contribution in [3.8, 4) is 5.69 Å². The van der Waals surface area contributed by atoms with Crippen LogP contribution in [0.15, 0.2) is 36.9 Å². The zero-order valence-corrected chi connectivity index (χ0v) is 8.12. The lowest BCUT2D eigenvalue weighted by molar-refractivity contribution is -0.385. The van der Waals surface area contributed by atoms with Crippen molar-refractivity contribution in [2.24, 2.45) is 0 Å². The minimum Gasteiger partial charge on any atom is -0.306 e. The Balaban J connectivity index is 2.47. The first kappa shape index (κ1) is 9.39. The maximum atomic E-state index is 10.6. The van der Waals surface area contributed by atoms with E-state index in [0.29, 0.717) is 5.56 Å². The number of aryl methyl sites for hydroxylation is 1. The van der Waals surface area contributed by atoms with Crippen molar-refractivity contribution in [3.63, 3.8) is 0 Å². The van der Waals surface area contributed by atoms with Gasteiger partial charge in [0.15, 0.2) is 0 Å². The molecule has 0 fully saturated rings. The SMILES string of the molecule is Cc1cc(-n2ccnc2)ccc1[N+](=O)[O-]. The molecule has 76 valence electrons. The molecule has 0 N–H and O–H groups in total. The molecule has 5 nitrogen and oxygen atoms in total. The van der Waals surface area contributed by atoms with Crippen LogP contribution in [-0.2, 0) is 0 Å². The molecule has 5 heteroatoms. The van der Waals surface area contributed by atoms with Crippen LogP contribution in [0.5, 0.6) is 0 Å². The van der Waals surface area contributed by atoms with Gasteiger partial charge >= 0.3 is 0 Å². The molecule has 0 saturated heterocycles. The minimum atomic E-state index is -0.382. The predicted molar refractivity (Wildman–Crippen MR) is 55.0 cm³/mol. The monoisotopic (exact) mass is 203 g/mol. The van der Waals surface area contributed by atoms with E-state index in [0.717, 1.165) is 5.69 Å². The van der Waals surface area contributed by atoms with Crippen molar-refractivity contribution in [2.45, 2.75) is 6.92 Å². The lowest BCUT2D eigenvalue weighted by Crippen LogP contribution is -1.95. The summed E-state index contributed by atoms with van der Waals surface area (Å²) in [5.41, 5.74) is 1.65. The van der Waals surface area contributed by atoms with Gasteiger partial charge in [0.05, 0.1) is 11.3 Å². The summed E-state index contributed by atoms with van der Waals surface area (Å²) in [5.74, 6) is 0. The molecule has 0 unspecified atom stereocenters. The molecule has 2 rings (SSSR count). The van der Waals surface area contributed by atoms with Gasteiger partial charge in [-0.05, 0) is 19.1 Å². The second-order valence-corrected chi connectivity index (χ2v) is 3.20. The van der Waals surface area contributed by atoms with Crippen molar-refractivity contribution in [3.05, 3.63) is 52.6 Å². The molecule has 15 heavy (non-hydrogen) atoms. The van der Waals surface area contributed by atoms with Gasteiger partial charge in [-0.3, -0.25) is 10.1 Å². The number of benzene rings is 1. The summed E-state index contributed by atoms with van der Waals surface area (Å²) in [6, 6.07) is 4.97. The largest absolute Gasteiger partial charge is 0.306 e. The zero-order valence-electron chi connectivity index (χ0n) is 8.12. The highest BCUT2D eigenvalue weighted by Gasteiger charge is 2.10. The van der Waals surface area contributed by atoms with Gasteiger partial charge in [-0.2, -0.15) is 0 Å². The normalized spacial score (nSPS) is 10.2. The van der Waals surface area contributed by atoms with E-state index in [-0.39, 0.29) is 10.6 Å². The summed E-state index contributed by atoms with van der Waals surface area (Å²) in [4.78, 5) is 14.1. The zero-order chi connectivity index (χ0) is 10.8. The predicted octanol–water partition coefficient (Wildman–Crippen LogP) is 2.09. The van der Waals surface area contributed by atoms with Gasteiger partial charge in [0.25, 0.3) is 5.69 Å². The number of aromatic nitrogens is 2. The van der Waals surface area contributed by atoms with Crippen molar-refractivity contribution in [2.75, 3.05) is 0 Å². The van der Waals surface area contributed by atoms with Crippen molar-refractivity contribution >= 4 is 5.69 Å². The van der Waals surface area contributed by atoms with E-state index in [1.165, 1.54) is 6.07 Å². The van der Waals surface area contributed by atoms with E-state index >= 15 is 0 Å². The van der Waals surface area contributed by atoms with E-state index in [2.05, 4.69) is 4.98 Å². The Morgan fingerprint density at radius 3 is 2.80 bits per heavy atom. The number of nitrogens with zero attached hydrogens (tertiary/aromatic N) is 3. The summed E-state index contributed by atoms with van der Waals surface area (Å²) < 4.78 is 1.80. The Labute approximate surface area is 86.1 Å². The third-order valence-corrected chi connectivity index (χ3v) is 2.18. The van der Waals surface area contributed by atoms with Gasteiger partial charge in [-0.1, -0.05) is 0 Å². The number of hydrogen-bond donors (Lipinski definition) is 0. The molecule has 0 aliphatic carbocycles. The summed E-state index contributed by atoms with van der Waals surface area (Å²) >= 11 is 0. The molecule has 0 bridgehead atoms. The lowest BCUT2D eigenvalue weighted by Gasteiger charge is -2.03. The number of nitro groups is 1. The Morgan fingerprint density at radius 2 is 2.27 bits per heavy atom. The van der Waals surface area contributed by atoms with Crippen LogP contribution in [0.25, 0.3) is 5.69 Å². The summed E-state index contributed by atoms with van der Waals surface area (Å²) in [7, 11) is 0. The van der Waals surface area contributed by atoms with E-state index < -0.39 is 0 Å². The highest BCUT2D eigenvalue weighted by molar-refractivity contribution is 5.47. The lowest BCUT2D eigenvalue weighted by atomic mass is 10.2. The maximum Gasteiger partial charge on any atom is 0.272 e. The average molecular weight is 203 g/mol. The van der Waals surface area contributed by atoms with Gasteiger partial charge < -0.3 is 4.57 Å². The molecule has 0 aliphatic rings.